The van der Waals surface area contributed by atoms with Gasteiger partial charge in [-0.3, -0.25) is 0 Å². The van der Waals surface area contributed by atoms with Crippen LogP contribution in [0.15, 0.2) is 23.1 Å². The maximum Gasteiger partial charge on any atom is 0.126 e. The van der Waals surface area contributed by atoms with Gasteiger partial charge in [-0.15, -0.1) is 11.8 Å². The van der Waals surface area contributed by atoms with Crippen LogP contribution in [0, 0.1) is 12.7 Å². The number of piperidine rings is 1. The summed E-state index contributed by atoms with van der Waals surface area (Å²) in [5.74, 6) is -0.110. The van der Waals surface area contributed by atoms with E-state index in [0.29, 0.717) is 5.25 Å². The molecule has 1 N–H and O–H groups in total. The molecule has 0 radical (unpaired) electrons. The molecule has 0 amide bonds. The lowest BCUT2D eigenvalue weighted by Crippen LogP contribution is -2.31. The molecule has 2 rings (SSSR count). The highest BCUT2D eigenvalue weighted by Crippen LogP contribution is 2.28. The average molecular weight is 225 g/mol. The first kappa shape index (κ1) is 11.0. The Hall–Kier alpha value is -0.540. The summed E-state index contributed by atoms with van der Waals surface area (Å²) >= 11 is 1.86. The van der Waals surface area contributed by atoms with E-state index in [1.165, 1.54) is 17.7 Å². The molecule has 1 aromatic carbocycles. The molecule has 0 bridgehead atoms. The summed E-state index contributed by atoms with van der Waals surface area (Å²) in [4.78, 5) is 1.18. The van der Waals surface area contributed by atoms with Gasteiger partial charge < -0.3 is 5.32 Å². The first-order chi connectivity index (χ1) is 7.25. The summed E-state index contributed by atoms with van der Waals surface area (Å²) in [6.07, 6.45) is 2.51. The number of hydrogen-bond acceptors (Lipinski definition) is 2. The van der Waals surface area contributed by atoms with Gasteiger partial charge in [-0.1, -0.05) is 0 Å². The van der Waals surface area contributed by atoms with E-state index >= 15 is 0 Å². The molecule has 0 saturated carbocycles. The summed E-state index contributed by atoms with van der Waals surface area (Å²) in [6.45, 7) is 4.03. The van der Waals surface area contributed by atoms with Crippen LogP contribution < -0.4 is 5.32 Å². The smallest absolute Gasteiger partial charge is 0.126 e. The van der Waals surface area contributed by atoms with Gasteiger partial charge in [0, 0.05) is 16.7 Å². The molecule has 1 unspecified atom stereocenters. The highest BCUT2D eigenvalue weighted by molar-refractivity contribution is 8.00. The van der Waals surface area contributed by atoms with E-state index < -0.39 is 0 Å². The first-order valence-electron chi connectivity index (χ1n) is 5.39. The Morgan fingerprint density at radius 3 is 3.00 bits per heavy atom. The molecule has 1 aliphatic rings. The number of halogens is 1. The average Bonchev–Trinajstić information content (AvgIpc) is 2.25. The van der Waals surface area contributed by atoms with E-state index in [2.05, 4.69) is 5.32 Å². The third-order valence-electron chi connectivity index (χ3n) is 2.68. The van der Waals surface area contributed by atoms with E-state index in [-0.39, 0.29) is 5.82 Å². The zero-order valence-corrected chi connectivity index (χ0v) is 9.74. The molecule has 1 atom stereocenters. The second-order valence-corrected chi connectivity index (χ2v) is 5.37. The van der Waals surface area contributed by atoms with Gasteiger partial charge in [0.25, 0.3) is 0 Å². The summed E-state index contributed by atoms with van der Waals surface area (Å²) in [7, 11) is 0. The number of aryl methyl sites for hydroxylation is 1. The minimum absolute atomic E-state index is 0.110. The van der Waals surface area contributed by atoms with E-state index in [0.717, 1.165) is 18.7 Å². The fourth-order valence-electron chi connectivity index (χ4n) is 1.80. The van der Waals surface area contributed by atoms with Crippen molar-refractivity contribution in [1.29, 1.82) is 0 Å². The van der Waals surface area contributed by atoms with Gasteiger partial charge >= 0.3 is 0 Å². The van der Waals surface area contributed by atoms with Gasteiger partial charge in [-0.2, -0.15) is 0 Å². The number of hydrogen-bond donors (Lipinski definition) is 1. The molecule has 15 heavy (non-hydrogen) atoms. The van der Waals surface area contributed by atoms with Crippen LogP contribution in [-0.2, 0) is 0 Å². The van der Waals surface area contributed by atoms with Crippen LogP contribution in [0.1, 0.15) is 18.4 Å². The van der Waals surface area contributed by atoms with E-state index in [4.69, 9.17) is 0 Å². The van der Waals surface area contributed by atoms with Crippen molar-refractivity contribution in [1.82, 2.24) is 5.32 Å². The van der Waals surface area contributed by atoms with Gasteiger partial charge in [-0.05, 0) is 50.1 Å². The number of rotatable bonds is 2. The van der Waals surface area contributed by atoms with Gasteiger partial charge in [0.15, 0.2) is 0 Å². The minimum atomic E-state index is -0.110. The van der Waals surface area contributed by atoms with Crippen molar-refractivity contribution in [3.8, 4) is 0 Å². The van der Waals surface area contributed by atoms with E-state index in [9.17, 15) is 4.39 Å². The van der Waals surface area contributed by atoms with Crippen molar-refractivity contribution in [2.45, 2.75) is 29.9 Å². The molecule has 1 heterocycles. The van der Waals surface area contributed by atoms with Crippen LogP contribution in [0.5, 0.6) is 0 Å². The van der Waals surface area contributed by atoms with Gasteiger partial charge in [0.1, 0.15) is 5.82 Å². The summed E-state index contributed by atoms with van der Waals surface area (Å²) in [5.41, 5.74) is 0.740. The molecule has 0 aromatic heterocycles. The van der Waals surface area contributed by atoms with Crippen molar-refractivity contribution in [3.05, 3.63) is 29.6 Å². The Labute approximate surface area is 94.5 Å². The quantitative estimate of drug-likeness (QED) is 0.830. The molecule has 1 aliphatic heterocycles. The Bertz CT molecular complexity index is 334. The minimum Gasteiger partial charge on any atom is -0.316 e. The predicted molar refractivity (Wildman–Crippen MR) is 62.9 cm³/mol. The molecule has 1 aromatic rings. The standard InChI is InChI=1S/C12H16FNS/c1-9-7-10(4-5-12(9)13)15-11-3-2-6-14-8-11/h4-5,7,11,14H,2-3,6,8H2,1H3. The highest BCUT2D eigenvalue weighted by atomic mass is 32.2. The summed E-state index contributed by atoms with van der Waals surface area (Å²) in [5, 5.41) is 4.03. The van der Waals surface area contributed by atoms with Crippen molar-refractivity contribution in [2.75, 3.05) is 13.1 Å². The van der Waals surface area contributed by atoms with Crippen LogP contribution >= 0.6 is 11.8 Å². The lowest BCUT2D eigenvalue weighted by Gasteiger charge is -2.22. The van der Waals surface area contributed by atoms with Gasteiger partial charge in [-0.25, -0.2) is 4.39 Å². The molecular weight excluding hydrogens is 209 g/mol. The number of thioether (sulfide) groups is 1. The Morgan fingerprint density at radius 1 is 1.47 bits per heavy atom. The van der Waals surface area contributed by atoms with E-state index in [1.807, 2.05) is 30.8 Å². The van der Waals surface area contributed by atoms with Crippen molar-refractivity contribution >= 4 is 11.8 Å². The maximum absolute atomic E-state index is 13.1. The fourth-order valence-corrected chi connectivity index (χ4v) is 3.07. The van der Waals surface area contributed by atoms with Crippen LogP contribution in [0.3, 0.4) is 0 Å². The molecule has 1 fully saturated rings. The topological polar surface area (TPSA) is 12.0 Å². The van der Waals surface area contributed by atoms with Crippen molar-refractivity contribution in [3.63, 3.8) is 0 Å². The summed E-state index contributed by atoms with van der Waals surface area (Å²) < 4.78 is 13.1. The van der Waals surface area contributed by atoms with Crippen LogP contribution in [0.2, 0.25) is 0 Å². The second-order valence-electron chi connectivity index (χ2n) is 4.00. The van der Waals surface area contributed by atoms with Crippen molar-refractivity contribution in [2.24, 2.45) is 0 Å². The fraction of sp³-hybridized carbons (Fsp3) is 0.500. The maximum atomic E-state index is 13.1. The third kappa shape index (κ3) is 2.95. The first-order valence-corrected chi connectivity index (χ1v) is 6.27. The van der Waals surface area contributed by atoms with Crippen molar-refractivity contribution < 1.29 is 4.39 Å². The van der Waals surface area contributed by atoms with E-state index in [1.54, 1.807) is 6.07 Å². The molecule has 0 spiro atoms. The number of benzene rings is 1. The largest absolute Gasteiger partial charge is 0.316 e. The number of nitrogens with one attached hydrogen (secondary N) is 1. The molecule has 82 valence electrons. The zero-order chi connectivity index (χ0) is 10.7. The van der Waals surface area contributed by atoms with Crippen LogP contribution in [-0.4, -0.2) is 18.3 Å². The lowest BCUT2D eigenvalue weighted by molar-refractivity contribution is 0.531. The monoisotopic (exact) mass is 225 g/mol. The highest BCUT2D eigenvalue weighted by Gasteiger charge is 2.14. The van der Waals surface area contributed by atoms with Gasteiger partial charge in [0.05, 0.1) is 0 Å². The zero-order valence-electron chi connectivity index (χ0n) is 8.92. The summed E-state index contributed by atoms with van der Waals surface area (Å²) in [6, 6.07) is 5.38. The predicted octanol–water partition coefficient (Wildman–Crippen LogP) is 2.98. The molecule has 0 aliphatic carbocycles. The molecular formula is C12H16FNS. The normalized spacial score (nSPS) is 21.6. The second kappa shape index (κ2) is 4.99. The van der Waals surface area contributed by atoms with Crippen LogP contribution in [0.25, 0.3) is 0 Å². The molecule has 1 nitrogen and oxygen atoms in total. The Balaban J connectivity index is 2.00. The van der Waals surface area contributed by atoms with Crippen LogP contribution in [0.4, 0.5) is 4.39 Å². The van der Waals surface area contributed by atoms with Gasteiger partial charge in [0.2, 0.25) is 0 Å². The SMILES string of the molecule is Cc1cc(SC2CCCNC2)ccc1F. The Kier molecular flexibility index (Phi) is 3.65. The Morgan fingerprint density at radius 2 is 2.33 bits per heavy atom. The molecule has 1 saturated heterocycles. The lowest BCUT2D eigenvalue weighted by atomic mass is 10.2. The third-order valence-corrected chi connectivity index (χ3v) is 3.95. The molecule has 3 heteroatoms.